The third-order valence-electron chi connectivity index (χ3n) is 1.36. The molecule has 1 aromatic rings. The lowest BCUT2D eigenvalue weighted by atomic mass is 10.5. The van der Waals surface area contributed by atoms with E-state index in [1.54, 1.807) is 12.1 Å². The van der Waals surface area contributed by atoms with E-state index in [2.05, 4.69) is 4.74 Å². The molecule has 4 nitrogen and oxygen atoms in total. The molecular formula is C8H9NO3S. The Hall–Kier alpha value is -1.23. The number of hydrogen-bond acceptors (Lipinski definition) is 4. The molecular weight excluding hydrogens is 190 g/mol. The molecule has 0 aromatic carbocycles. The lowest BCUT2D eigenvalue weighted by molar-refractivity contribution is -0.605. The monoisotopic (exact) mass is 199 g/mol. The van der Waals surface area contributed by atoms with Gasteiger partial charge in [0.05, 0.1) is 12.9 Å². The SMILES string of the molecule is COC(=O)CSc1cc[n+]([O-])cc1. The Morgan fingerprint density at radius 1 is 1.62 bits per heavy atom. The van der Waals surface area contributed by atoms with E-state index in [1.807, 2.05) is 0 Å². The molecule has 0 radical (unpaired) electrons. The molecule has 0 N–H and O–H groups in total. The number of esters is 1. The van der Waals surface area contributed by atoms with Crippen molar-refractivity contribution in [2.75, 3.05) is 12.9 Å². The summed E-state index contributed by atoms with van der Waals surface area (Å²) in [7, 11) is 1.35. The van der Waals surface area contributed by atoms with Gasteiger partial charge in [-0.15, -0.1) is 11.8 Å². The average Bonchev–Trinajstić information content (AvgIpc) is 2.16. The minimum absolute atomic E-state index is 0.263. The topological polar surface area (TPSA) is 53.2 Å². The van der Waals surface area contributed by atoms with E-state index in [-0.39, 0.29) is 11.7 Å². The number of ether oxygens (including phenoxy) is 1. The fourth-order valence-corrected chi connectivity index (χ4v) is 1.41. The maximum Gasteiger partial charge on any atom is 0.315 e. The van der Waals surface area contributed by atoms with Crippen molar-refractivity contribution in [3.63, 3.8) is 0 Å². The zero-order valence-corrected chi connectivity index (χ0v) is 7.91. The Bertz CT molecular complexity index is 286. The second kappa shape index (κ2) is 4.71. The van der Waals surface area contributed by atoms with Gasteiger partial charge in [-0.05, 0) is 0 Å². The van der Waals surface area contributed by atoms with Gasteiger partial charge in [-0.25, -0.2) is 0 Å². The first-order valence-electron chi connectivity index (χ1n) is 3.61. The molecule has 0 aliphatic carbocycles. The standard InChI is InChI=1S/C8H9NO3S/c1-12-8(10)6-13-7-2-4-9(11)5-3-7/h2-5H,6H2,1H3. The van der Waals surface area contributed by atoms with E-state index >= 15 is 0 Å². The second-order valence-corrected chi connectivity index (χ2v) is 3.31. The summed E-state index contributed by atoms with van der Waals surface area (Å²) in [4.78, 5) is 11.6. The van der Waals surface area contributed by atoms with Crippen LogP contribution in [0.15, 0.2) is 29.4 Å². The van der Waals surface area contributed by atoms with Crippen LogP contribution < -0.4 is 4.73 Å². The molecule has 1 aromatic heterocycles. The van der Waals surface area contributed by atoms with Gasteiger partial charge in [0.1, 0.15) is 0 Å². The van der Waals surface area contributed by atoms with Crippen LogP contribution in [-0.2, 0) is 9.53 Å². The minimum Gasteiger partial charge on any atom is -0.619 e. The summed E-state index contributed by atoms with van der Waals surface area (Å²) < 4.78 is 5.17. The number of nitrogens with zero attached hydrogens (tertiary/aromatic N) is 1. The molecule has 0 fully saturated rings. The third kappa shape index (κ3) is 3.33. The quantitative estimate of drug-likeness (QED) is 0.309. The highest BCUT2D eigenvalue weighted by molar-refractivity contribution is 8.00. The number of thioether (sulfide) groups is 1. The van der Waals surface area contributed by atoms with E-state index in [9.17, 15) is 10.0 Å². The van der Waals surface area contributed by atoms with Crippen molar-refractivity contribution in [1.29, 1.82) is 0 Å². The number of carbonyl (C=O) groups excluding carboxylic acids is 1. The van der Waals surface area contributed by atoms with Gasteiger partial charge < -0.3 is 9.94 Å². The van der Waals surface area contributed by atoms with Gasteiger partial charge in [0.2, 0.25) is 0 Å². The van der Waals surface area contributed by atoms with E-state index in [0.717, 1.165) is 4.90 Å². The van der Waals surface area contributed by atoms with Gasteiger partial charge in [-0.2, -0.15) is 4.73 Å². The van der Waals surface area contributed by atoms with E-state index in [1.165, 1.54) is 31.3 Å². The van der Waals surface area contributed by atoms with E-state index in [4.69, 9.17) is 0 Å². The highest BCUT2D eigenvalue weighted by Gasteiger charge is 2.02. The Labute approximate surface area is 80.1 Å². The molecule has 70 valence electrons. The molecule has 0 saturated heterocycles. The van der Waals surface area contributed by atoms with Gasteiger partial charge in [0.15, 0.2) is 12.4 Å². The Balaban J connectivity index is 2.46. The predicted molar refractivity (Wildman–Crippen MR) is 48.1 cm³/mol. The highest BCUT2D eigenvalue weighted by atomic mass is 32.2. The number of aromatic nitrogens is 1. The molecule has 0 unspecified atom stereocenters. The lowest BCUT2D eigenvalue weighted by Crippen LogP contribution is -2.23. The van der Waals surface area contributed by atoms with Crippen molar-refractivity contribution in [2.45, 2.75) is 4.90 Å². The molecule has 1 rings (SSSR count). The fraction of sp³-hybridized carbons (Fsp3) is 0.250. The van der Waals surface area contributed by atoms with Crippen LogP contribution in [0.4, 0.5) is 0 Å². The van der Waals surface area contributed by atoms with Crippen LogP contribution in [0.3, 0.4) is 0 Å². The summed E-state index contributed by atoms with van der Waals surface area (Å²) in [5, 5.41) is 10.6. The molecule has 0 amide bonds. The van der Waals surface area contributed by atoms with Crippen molar-refractivity contribution >= 4 is 17.7 Å². The predicted octanol–water partition coefficient (Wildman–Crippen LogP) is 0.585. The summed E-state index contributed by atoms with van der Waals surface area (Å²) in [6, 6.07) is 3.31. The Morgan fingerprint density at radius 2 is 2.23 bits per heavy atom. The molecule has 0 aliphatic heterocycles. The second-order valence-electron chi connectivity index (χ2n) is 2.26. The summed E-state index contributed by atoms with van der Waals surface area (Å²) >= 11 is 1.34. The third-order valence-corrected chi connectivity index (χ3v) is 2.34. The largest absolute Gasteiger partial charge is 0.619 e. The normalized spacial score (nSPS) is 9.62. The van der Waals surface area contributed by atoms with Crippen molar-refractivity contribution < 1.29 is 14.3 Å². The summed E-state index contributed by atoms with van der Waals surface area (Å²) in [5.41, 5.74) is 0. The van der Waals surface area contributed by atoms with Gasteiger partial charge in [-0.3, -0.25) is 4.79 Å². The summed E-state index contributed by atoms with van der Waals surface area (Å²) in [6.45, 7) is 0. The van der Waals surface area contributed by atoms with Gasteiger partial charge >= 0.3 is 5.97 Å². The van der Waals surface area contributed by atoms with Crippen LogP contribution in [0.25, 0.3) is 0 Å². The molecule has 0 bridgehead atoms. The van der Waals surface area contributed by atoms with Crippen LogP contribution in [0.2, 0.25) is 0 Å². The van der Waals surface area contributed by atoms with E-state index < -0.39 is 0 Å². The summed E-state index contributed by atoms with van der Waals surface area (Å²) in [5.74, 6) is -0.0109. The average molecular weight is 199 g/mol. The van der Waals surface area contributed by atoms with Crippen LogP contribution >= 0.6 is 11.8 Å². The van der Waals surface area contributed by atoms with Crippen molar-refractivity contribution in [1.82, 2.24) is 0 Å². The molecule has 5 heteroatoms. The molecule has 0 atom stereocenters. The molecule has 0 saturated carbocycles. The van der Waals surface area contributed by atoms with E-state index in [0.29, 0.717) is 4.73 Å². The van der Waals surface area contributed by atoms with Crippen molar-refractivity contribution in [3.05, 3.63) is 29.7 Å². The maximum atomic E-state index is 10.7. The van der Waals surface area contributed by atoms with Crippen LogP contribution in [-0.4, -0.2) is 18.8 Å². The van der Waals surface area contributed by atoms with Gasteiger partial charge in [0.25, 0.3) is 0 Å². The smallest absolute Gasteiger partial charge is 0.315 e. The Kier molecular flexibility index (Phi) is 3.57. The van der Waals surface area contributed by atoms with Crippen LogP contribution in [0.5, 0.6) is 0 Å². The van der Waals surface area contributed by atoms with Crippen molar-refractivity contribution in [3.8, 4) is 0 Å². The maximum absolute atomic E-state index is 10.7. The number of carbonyl (C=O) groups is 1. The number of methoxy groups -OCH3 is 1. The zero-order valence-electron chi connectivity index (χ0n) is 7.10. The number of hydrogen-bond donors (Lipinski definition) is 0. The van der Waals surface area contributed by atoms with Crippen LogP contribution in [0.1, 0.15) is 0 Å². The first-order valence-corrected chi connectivity index (χ1v) is 4.59. The lowest BCUT2D eigenvalue weighted by Gasteiger charge is -1.99. The molecule has 0 spiro atoms. The fourth-order valence-electron chi connectivity index (χ4n) is 0.697. The Morgan fingerprint density at radius 3 is 2.77 bits per heavy atom. The first-order chi connectivity index (χ1) is 6.22. The van der Waals surface area contributed by atoms with Crippen LogP contribution in [0, 0.1) is 5.21 Å². The molecule has 0 aliphatic rings. The molecule has 1 heterocycles. The molecule has 13 heavy (non-hydrogen) atoms. The summed E-state index contributed by atoms with van der Waals surface area (Å²) in [6.07, 6.45) is 2.78. The van der Waals surface area contributed by atoms with Gasteiger partial charge in [0, 0.05) is 17.0 Å². The zero-order chi connectivity index (χ0) is 9.68. The number of rotatable bonds is 3. The van der Waals surface area contributed by atoms with Gasteiger partial charge in [-0.1, -0.05) is 0 Å². The van der Waals surface area contributed by atoms with Crippen molar-refractivity contribution in [2.24, 2.45) is 0 Å². The highest BCUT2D eigenvalue weighted by Crippen LogP contribution is 2.15. The number of pyridine rings is 1. The minimum atomic E-state index is -0.274. The first kappa shape index (κ1) is 9.85.